The van der Waals surface area contributed by atoms with Gasteiger partial charge in [-0.15, -0.1) is 0 Å². The van der Waals surface area contributed by atoms with E-state index in [9.17, 15) is 9.90 Å². The van der Waals surface area contributed by atoms with Crippen LogP contribution in [0.1, 0.15) is 19.8 Å². The molecule has 1 rings (SSSR count). The number of carbonyl (C=O) groups excluding carboxylic acids is 1. The normalized spacial score (nSPS) is 20.4. The van der Waals surface area contributed by atoms with Gasteiger partial charge in [-0.2, -0.15) is 0 Å². The van der Waals surface area contributed by atoms with E-state index in [4.69, 9.17) is 0 Å². The number of hydrogen-bond donors (Lipinski definition) is 0. The Morgan fingerprint density at radius 2 is 2.00 bits per heavy atom. The zero-order chi connectivity index (χ0) is 8.27. The fourth-order valence-electron chi connectivity index (χ4n) is 1.32. The molecule has 0 bridgehead atoms. The summed E-state index contributed by atoms with van der Waals surface area (Å²) in [6.07, 6.45) is 2.19. The van der Waals surface area contributed by atoms with Gasteiger partial charge in [0.25, 0.3) is 0 Å². The van der Waals surface area contributed by atoms with Crippen molar-refractivity contribution >= 4 is 5.91 Å². The molecule has 0 saturated carbocycles. The van der Waals surface area contributed by atoms with Crippen LogP contribution in [-0.2, 0) is 9.90 Å². The summed E-state index contributed by atoms with van der Waals surface area (Å²) < 4.78 is 0. The van der Waals surface area contributed by atoms with Gasteiger partial charge < -0.3 is 4.90 Å². The van der Waals surface area contributed by atoms with Gasteiger partial charge >= 0.3 is 0 Å². The second-order valence-corrected chi connectivity index (χ2v) is 3.10. The predicted molar refractivity (Wildman–Crippen MR) is 40.5 cm³/mol. The van der Waals surface area contributed by atoms with Gasteiger partial charge in [-0.1, -0.05) is 6.92 Å². The third kappa shape index (κ3) is 1.93. The van der Waals surface area contributed by atoms with E-state index in [2.05, 4.69) is 0 Å². The lowest BCUT2D eigenvalue weighted by Crippen LogP contribution is -2.33. The largest absolute Gasteiger partial charge is 0.342 e. The highest BCUT2D eigenvalue weighted by Crippen LogP contribution is 2.11. The smallest absolute Gasteiger partial charge is 0.227 e. The minimum Gasteiger partial charge on any atom is -0.342 e. The SMILES string of the molecule is CC(C[O])C(=O)N1CCCC1. The van der Waals surface area contributed by atoms with Gasteiger partial charge in [0.2, 0.25) is 5.91 Å². The standard InChI is InChI=1S/C8H14NO2/c1-7(6-10)8(11)9-4-2-3-5-9/h7H,2-6H2,1H3. The quantitative estimate of drug-likeness (QED) is 0.579. The predicted octanol–water partition coefficient (Wildman–Crippen LogP) is 0.675. The summed E-state index contributed by atoms with van der Waals surface area (Å²) in [5.74, 6) is -0.286. The molecule has 3 nitrogen and oxygen atoms in total. The maximum Gasteiger partial charge on any atom is 0.227 e. The van der Waals surface area contributed by atoms with E-state index in [1.165, 1.54) is 0 Å². The third-order valence-electron chi connectivity index (χ3n) is 2.09. The van der Waals surface area contributed by atoms with Crippen LogP contribution >= 0.6 is 0 Å². The average Bonchev–Trinajstić information content (AvgIpc) is 2.53. The molecule has 0 aromatic rings. The Morgan fingerprint density at radius 3 is 2.45 bits per heavy atom. The van der Waals surface area contributed by atoms with E-state index >= 15 is 0 Å². The van der Waals surface area contributed by atoms with Crippen LogP contribution in [0, 0.1) is 5.92 Å². The van der Waals surface area contributed by atoms with Crippen molar-refractivity contribution in [2.24, 2.45) is 5.92 Å². The van der Waals surface area contributed by atoms with Crippen molar-refractivity contribution in [3.8, 4) is 0 Å². The molecule has 1 aliphatic heterocycles. The number of rotatable bonds is 2. The Bertz CT molecular complexity index is 141. The maximum absolute atomic E-state index is 11.3. The van der Waals surface area contributed by atoms with E-state index < -0.39 is 0 Å². The summed E-state index contributed by atoms with van der Waals surface area (Å²) >= 11 is 0. The molecule has 0 aromatic carbocycles. The molecule has 1 saturated heterocycles. The minimum absolute atomic E-state index is 0.0394. The highest BCUT2D eigenvalue weighted by Gasteiger charge is 2.22. The lowest BCUT2D eigenvalue weighted by atomic mass is 10.2. The van der Waals surface area contributed by atoms with E-state index in [0.29, 0.717) is 0 Å². The molecule has 1 aliphatic rings. The van der Waals surface area contributed by atoms with Crippen LogP contribution in [-0.4, -0.2) is 30.5 Å². The molecule has 0 aliphatic carbocycles. The fraction of sp³-hybridized carbons (Fsp3) is 0.875. The number of amides is 1. The fourth-order valence-corrected chi connectivity index (χ4v) is 1.32. The number of hydrogen-bond acceptors (Lipinski definition) is 1. The second-order valence-electron chi connectivity index (χ2n) is 3.10. The molecular formula is C8H14NO2. The van der Waals surface area contributed by atoms with Crippen LogP contribution in [0.2, 0.25) is 0 Å². The molecule has 1 radical (unpaired) electrons. The molecule has 1 atom stereocenters. The van der Waals surface area contributed by atoms with Gasteiger partial charge in [-0.3, -0.25) is 4.79 Å². The summed E-state index contributed by atoms with van der Waals surface area (Å²) in [7, 11) is 0. The second kappa shape index (κ2) is 3.72. The van der Waals surface area contributed by atoms with Gasteiger partial charge in [0.05, 0.1) is 12.5 Å². The van der Waals surface area contributed by atoms with Gasteiger partial charge in [0.15, 0.2) is 0 Å². The first-order chi connectivity index (χ1) is 5.25. The molecule has 63 valence electrons. The zero-order valence-electron chi connectivity index (χ0n) is 6.88. The number of likely N-dealkylation sites (tertiary alicyclic amines) is 1. The molecule has 11 heavy (non-hydrogen) atoms. The maximum atomic E-state index is 11.3. The molecule has 0 aromatic heterocycles. The Kier molecular flexibility index (Phi) is 2.88. The van der Waals surface area contributed by atoms with E-state index in [1.807, 2.05) is 0 Å². The molecule has 1 heterocycles. The molecule has 1 fully saturated rings. The van der Waals surface area contributed by atoms with Crippen LogP contribution in [0.25, 0.3) is 0 Å². The van der Waals surface area contributed by atoms with E-state index in [1.54, 1.807) is 11.8 Å². The van der Waals surface area contributed by atoms with Gasteiger partial charge in [0.1, 0.15) is 0 Å². The summed E-state index contributed by atoms with van der Waals surface area (Å²) in [6.45, 7) is 3.12. The molecule has 0 spiro atoms. The van der Waals surface area contributed by atoms with Crippen LogP contribution in [0.5, 0.6) is 0 Å². The molecule has 0 N–H and O–H groups in total. The monoisotopic (exact) mass is 156 g/mol. The number of nitrogens with zero attached hydrogens (tertiary/aromatic N) is 1. The minimum atomic E-state index is -0.326. The Morgan fingerprint density at radius 1 is 1.45 bits per heavy atom. The summed E-state index contributed by atoms with van der Waals surface area (Å²) in [6, 6.07) is 0. The summed E-state index contributed by atoms with van der Waals surface area (Å²) in [4.78, 5) is 13.1. The van der Waals surface area contributed by atoms with Gasteiger partial charge in [-0.25, -0.2) is 5.11 Å². The van der Waals surface area contributed by atoms with Crippen LogP contribution < -0.4 is 0 Å². The van der Waals surface area contributed by atoms with Crippen molar-refractivity contribution in [3.05, 3.63) is 0 Å². The molecule has 3 heteroatoms. The molecule has 1 unspecified atom stereocenters. The lowest BCUT2D eigenvalue weighted by Gasteiger charge is -2.17. The van der Waals surface area contributed by atoms with Gasteiger partial charge in [-0.05, 0) is 12.8 Å². The van der Waals surface area contributed by atoms with Crippen molar-refractivity contribution in [1.29, 1.82) is 0 Å². The highest BCUT2D eigenvalue weighted by molar-refractivity contribution is 5.78. The summed E-state index contributed by atoms with van der Waals surface area (Å²) in [5, 5.41) is 10.4. The Balaban J connectivity index is 2.39. The van der Waals surface area contributed by atoms with Crippen molar-refractivity contribution in [1.82, 2.24) is 4.90 Å². The van der Waals surface area contributed by atoms with Crippen molar-refractivity contribution in [2.45, 2.75) is 19.8 Å². The number of carbonyl (C=O) groups is 1. The zero-order valence-corrected chi connectivity index (χ0v) is 6.88. The van der Waals surface area contributed by atoms with Gasteiger partial charge in [0, 0.05) is 13.1 Å². The summed E-state index contributed by atoms with van der Waals surface area (Å²) in [5.41, 5.74) is 0. The van der Waals surface area contributed by atoms with Crippen LogP contribution in [0.3, 0.4) is 0 Å². The van der Waals surface area contributed by atoms with E-state index in [0.717, 1.165) is 25.9 Å². The molecule has 1 amide bonds. The van der Waals surface area contributed by atoms with Crippen molar-refractivity contribution in [3.63, 3.8) is 0 Å². The highest BCUT2D eigenvalue weighted by atomic mass is 16.3. The molecular weight excluding hydrogens is 142 g/mol. The van der Waals surface area contributed by atoms with Crippen LogP contribution in [0.4, 0.5) is 0 Å². The Labute approximate surface area is 67.0 Å². The van der Waals surface area contributed by atoms with E-state index in [-0.39, 0.29) is 18.4 Å². The third-order valence-corrected chi connectivity index (χ3v) is 2.09. The van der Waals surface area contributed by atoms with Crippen molar-refractivity contribution in [2.75, 3.05) is 19.7 Å². The average molecular weight is 156 g/mol. The van der Waals surface area contributed by atoms with Crippen molar-refractivity contribution < 1.29 is 9.90 Å². The topological polar surface area (TPSA) is 40.2 Å². The Hall–Kier alpha value is -0.570. The lowest BCUT2D eigenvalue weighted by molar-refractivity contribution is -0.135. The first-order valence-corrected chi connectivity index (χ1v) is 4.12. The van der Waals surface area contributed by atoms with Crippen LogP contribution in [0.15, 0.2) is 0 Å². The first-order valence-electron chi connectivity index (χ1n) is 4.12. The first kappa shape index (κ1) is 8.53.